The number of hydrogen-bond donors (Lipinski definition) is 1. The normalized spacial score (nSPS) is 13.2. The molecule has 2 aromatic rings. The van der Waals surface area contributed by atoms with Crippen LogP contribution in [-0.2, 0) is 0 Å². The van der Waals surface area contributed by atoms with E-state index in [2.05, 4.69) is 43.4 Å². The van der Waals surface area contributed by atoms with Crippen molar-refractivity contribution in [2.45, 2.75) is 19.9 Å². The molecule has 1 unspecified atom stereocenters. The van der Waals surface area contributed by atoms with Crippen LogP contribution in [0.3, 0.4) is 0 Å². The minimum atomic E-state index is 0.358. The summed E-state index contributed by atoms with van der Waals surface area (Å²) < 4.78 is 0. The van der Waals surface area contributed by atoms with E-state index in [-0.39, 0.29) is 0 Å². The van der Waals surface area contributed by atoms with Gasteiger partial charge in [0, 0.05) is 16.5 Å². The highest BCUT2D eigenvalue weighted by molar-refractivity contribution is 6.35. The van der Waals surface area contributed by atoms with E-state index in [1.54, 1.807) is 0 Å². The lowest BCUT2D eigenvalue weighted by Gasteiger charge is -2.22. The maximum absolute atomic E-state index is 6.24. The van der Waals surface area contributed by atoms with Crippen LogP contribution in [-0.4, -0.2) is 7.05 Å². The van der Waals surface area contributed by atoms with Crippen molar-refractivity contribution in [1.82, 2.24) is 5.32 Å². The zero-order valence-electron chi connectivity index (χ0n) is 10.5. The standard InChI is InChI=1S/C15H18ClN/c1-10(2)15(17-3)13-8-9-14(16)12-7-5-4-6-11(12)13/h4-10,15,17H,1-3H3. The van der Waals surface area contributed by atoms with Crippen molar-refractivity contribution in [3.05, 3.63) is 47.0 Å². The Morgan fingerprint density at radius 2 is 1.65 bits per heavy atom. The maximum atomic E-state index is 6.24. The number of hydrogen-bond acceptors (Lipinski definition) is 1. The van der Waals surface area contributed by atoms with Gasteiger partial charge in [-0.15, -0.1) is 0 Å². The van der Waals surface area contributed by atoms with Crippen LogP contribution < -0.4 is 5.32 Å². The van der Waals surface area contributed by atoms with Crippen LogP contribution in [0.15, 0.2) is 36.4 Å². The molecule has 1 N–H and O–H groups in total. The summed E-state index contributed by atoms with van der Waals surface area (Å²) in [5.74, 6) is 0.546. The summed E-state index contributed by atoms with van der Waals surface area (Å²) in [6.45, 7) is 4.45. The first-order valence-electron chi connectivity index (χ1n) is 5.99. The molecule has 0 aliphatic heterocycles. The molecule has 0 radical (unpaired) electrons. The lowest BCUT2D eigenvalue weighted by Crippen LogP contribution is -2.21. The van der Waals surface area contributed by atoms with Gasteiger partial charge in [0.1, 0.15) is 0 Å². The molecule has 0 saturated carbocycles. The van der Waals surface area contributed by atoms with Crippen molar-refractivity contribution in [2.24, 2.45) is 5.92 Å². The van der Waals surface area contributed by atoms with Gasteiger partial charge in [-0.1, -0.05) is 55.8 Å². The SMILES string of the molecule is CNC(c1ccc(Cl)c2ccccc12)C(C)C. The maximum Gasteiger partial charge on any atom is 0.0484 e. The van der Waals surface area contributed by atoms with E-state index in [1.807, 2.05) is 19.2 Å². The van der Waals surface area contributed by atoms with Gasteiger partial charge < -0.3 is 5.32 Å². The van der Waals surface area contributed by atoms with Gasteiger partial charge in [-0.25, -0.2) is 0 Å². The lowest BCUT2D eigenvalue weighted by molar-refractivity contribution is 0.446. The van der Waals surface area contributed by atoms with Gasteiger partial charge in [-0.05, 0) is 30.0 Å². The summed E-state index contributed by atoms with van der Waals surface area (Å²) >= 11 is 6.24. The minimum absolute atomic E-state index is 0.358. The van der Waals surface area contributed by atoms with E-state index in [1.165, 1.54) is 10.9 Å². The molecular formula is C15H18ClN. The van der Waals surface area contributed by atoms with Crippen LogP contribution in [0.2, 0.25) is 5.02 Å². The molecule has 2 heteroatoms. The molecule has 0 aliphatic carbocycles. The average molecular weight is 248 g/mol. The van der Waals surface area contributed by atoms with Crippen molar-refractivity contribution in [1.29, 1.82) is 0 Å². The predicted molar refractivity (Wildman–Crippen MR) is 75.6 cm³/mol. The number of fused-ring (bicyclic) bond motifs is 1. The Balaban J connectivity index is 2.66. The summed E-state index contributed by atoms with van der Waals surface area (Å²) in [6, 6.07) is 12.8. The molecule has 0 heterocycles. The predicted octanol–water partition coefficient (Wildman–Crippen LogP) is 4.41. The smallest absolute Gasteiger partial charge is 0.0484 e. The highest BCUT2D eigenvalue weighted by Crippen LogP contribution is 2.32. The van der Waals surface area contributed by atoms with Gasteiger partial charge in [-0.3, -0.25) is 0 Å². The third kappa shape index (κ3) is 2.31. The van der Waals surface area contributed by atoms with E-state index in [4.69, 9.17) is 11.6 Å². The zero-order chi connectivity index (χ0) is 12.4. The van der Waals surface area contributed by atoms with Crippen LogP contribution in [0.25, 0.3) is 10.8 Å². The Labute approximate surface area is 108 Å². The summed E-state index contributed by atoms with van der Waals surface area (Å²) in [5, 5.41) is 6.58. The fraction of sp³-hybridized carbons (Fsp3) is 0.333. The van der Waals surface area contributed by atoms with Gasteiger partial charge in [0.05, 0.1) is 0 Å². The Bertz CT molecular complexity index is 519. The number of halogens is 1. The summed E-state index contributed by atoms with van der Waals surface area (Å²) in [4.78, 5) is 0. The van der Waals surface area contributed by atoms with E-state index >= 15 is 0 Å². The van der Waals surface area contributed by atoms with Crippen LogP contribution in [0.1, 0.15) is 25.5 Å². The third-order valence-corrected chi connectivity index (χ3v) is 3.55. The van der Waals surface area contributed by atoms with Crippen molar-refractivity contribution in [3.8, 4) is 0 Å². The molecular weight excluding hydrogens is 230 g/mol. The van der Waals surface area contributed by atoms with E-state index < -0.39 is 0 Å². The number of benzene rings is 2. The topological polar surface area (TPSA) is 12.0 Å². The summed E-state index contributed by atoms with van der Waals surface area (Å²) in [7, 11) is 2.01. The van der Waals surface area contributed by atoms with Gasteiger partial charge >= 0.3 is 0 Å². The first kappa shape index (κ1) is 12.4. The molecule has 1 atom stereocenters. The minimum Gasteiger partial charge on any atom is -0.313 e. The van der Waals surface area contributed by atoms with Crippen molar-refractivity contribution in [3.63, 3.8) is 0 Å². The average Bonchev–Trinajstić information content (AvgIpc) is 2.33. The Morgan fingerprint density at radius 3 is 2.24 bits per heavy atom. The quantitative estimate of drug-likeness (QED) is 0.847. The molecule has 17 heavy (non-hydrogen) atoms. The van der Waals surface area contributed by atoms with Crippen LogP contribution in [0.4, 0.5) is 0 Å². The van der Waals surface area contributed by atoms with Gasteiger partial charge in [0.15, 0.2) is 0 Å². The zero-order valence-corrected chi connectivity index (χ0v) is 11.3. The number of nitrogens with one attached hydrogen (secondary N) is 1. The first-order valence-corrected chi connectivity index (χ1v) is 6.37. The largest absolute Gasteiger partial charge is 0.313 e. The molecule has 0 fully saturated rings. The van der Waals surface area contributed by atoms with E-state index in [9.17, 15) is 0 Å². The van der Waals surface area contributed by atoms with Crippen molar-refractivity contribution < 1.29 is 0 Å². The Kier molecular flexibility index (Phi) is 3.70. The molecule has 0 amide bonds. The first-order chi connectivity index (χ1) is 8.15. The molecule has 0 bridgehead atoms. The molecule has 90 valence electrons. The molecule has 0 saturated heterocycles. The second-order valence-electron chi connectivity index (χ2n) is 4.69. The molecule has 0 aliphatic rings. The Hall–Kier alpha value is -1.05. The second kappa shape index (κ2) is 5.07. The lowest BCUT2D eigenvalue weighted by atomic mass is 9.92. The summed E-state index contributed by atoms with van der Waals surface area (Å²) in [6.07, 6.45) is 0. The van der Waals surface area contributed by atoms with Crippen molar-refractivity contribution >= 4 is 22.4 Å². The van der Waals surface area contributed by atoms with Gasteiger partial charge in [-0.2, -0.15) is 0 Å². The summed E-state index contributed by atoms with van der Waals surface area (Å²) in [5.41, 5.74) is 1.32. The highest BCUT2D eigenvalue weighted by Gasteiger charge is 2.16. The number of rotatable bonds is 3. The molecule has 0 spiro atoms. The third-order valence-electron chi connectivity index (χ3n) is 3.22. The van der Waals surface area contributed by atoms with E-state index in [0.29, 0.717) is 12.0 Å². The monoisotopic (exact) mass is 247 g/mol. The van der Waals surface area contributed by atoms with Crippen LogP contribution >= 0.6 is 11.6 Å². The van der Waals surface area contributed by atoms with Gasteiger partial charge in [0.2, 0.25) is 0 Å². The molecule has 0 aromatic heterocycles. The van der Waals surface area contributed by atoms with E-state index in [0.717, 1.165) is 10.4 Å². The van der Waals surface area contributed by atoms with Crippen molar-refractivity contribution in [2.75, 3.05) is 7.05 Å². The van der Waals surface area contributed by atoms with Crippen LogP contribution in [0, 0.1) is 5.92 Å². The molecule has 1 nitrogen and oxygen atoms in total. The second-order valence-corrected chi connectivity index (χ2v) is 5.10. The molecule has 2 rings (SSSR count). The fourth-order valence-corrected chi connectivity index (χ4v) is 2.63. The highest BCUT2D eigenvalue weighted by atomic mass is 35.5. The fourth-order valence-electron chi connectivity index (χ4n) is 2.40. The molecule has 2 aromatic carbocycles. The van der Waals surface area contributed by atoms with Gasteiger partial charge in [0.25, 0.3) is 0 Å². The van der Waals surface area contributed by atoms with Crippen LogP contribution in [0.5, 0.6) is 0 Å². The Morgan fingerprint density at radius 1 is 1.00 bits per heavy atom.